The van der Waals surface area contributed by atoms with E-state index in [0.29, 0.717) is 12.2 Å². The maximum absolute atomic E-state index is 14.5. The summed E-state index contributed by atoms with van der Waals surface area (Å²) in [6, 6.07) is 19.3. The van der Waals surface area contributed by atoms with Crippen molar-refractivity contribution in [3.8, 4) is 23.7 Å². The van der Waals surface area contributed by atoms with Crippen LogP contribution >= 0.6 is 0 Å². The van der Waals surface area contributed by atoms with Crippen molar-refractivity contribution < 1.29 is 17.9 Å². The number of fused-ring (bicyclic) bond motifs is 1. The van der Waals surface area contributed by atoms with E-state index in [-0.39, 0.29) is 16.9 Å². The molecule has 1 nitrogen and oxygen atoms in total. The fourth-order valence-electron chi connectivity index (χ4n) is 3.19. The van der Waals surface area contributed by atoms with Crippen molar-refractivity contribution in [2.75, 3.05) is 7.11 Å². The van der Waals surface area contributed by atoms with Crippen molar-refractivity contribution in [3.05, 3.63) is 118 Å². The van der Waals surface area contributed by atoms with Crippen LogP contribution in [0.1, 0.15) is 27.8 Å². The van der Waals surface area contributed by atoms with Gasteiger partial charge >= 0.3 is 0 Å². The normalized spacial score (nSPS) is 10.2. The topological polar surface area (TPSA) is 9.23 Å². The summed E-state index contributed by atoms with van der Waals surface area (Å²) >= 11 is 0. The molecule has 32 heavy (non-hydrogen) atoms. The van der Waals surface area contributed by atoms with Crippen molar-refractivity contribution in [2.24, 2.45) is 0 Å². The van der Waals surface area contributed by atoms with Crippen LogP contribution in [0.15, 0.2) is 72.8 Å². The highest BCUT2D eigenvalue weighted by Gasteiger charge is 2.08. The Morgan fingerprint density at radius 1 is 0.625 bits per heavy atom. The molecule has 4 heteroatoms. The fraction of sp³-hybridized carbons (Fsp3) is 0.0714. The molecule has 0 bridgehead atoms. The Morgan fingerprint density at radius 3 is 1.94 bits per heavy atom. The van der Waals surface area contributed by atoms with Gasteiger partial charge < -0.3 is 4.74 Å². The Kier molecular flexibility index (Phi) is 6.26. The summed E-state index contributed by atoms with van der Waals surface area (Å²) < 4.78 is 47.4. The van der Waals surface area contributed by atoms with Gasteiger partial charge in [-0.3, -0.25) is 0 Å². The van der Waals surface area contributed by atoms with Gasteiger partial charge in [-0.05, 0) is 64.9 Å². The van der Waals surface area contributed by atoms with Crippen LogP contribution in [0.25, 0.3) is 10.8 Å². The second-order valence-electron chi connectivity index (χ2n) is 7.15. The first kappa shape index (κ1) is 21.2. The predicted octanol–water partition coefficient (Wildman–Crippen LogP) is 6.20. The number of rotatable bonds is 2. The van der Waals surface area contributed by atoms with Crippen LogP contribution in [0.3, 0.4) is 0 Å². The molecular formula is C28H17F3O. The molecule has 0 heterocycles. The largest absolute Gasteiger partial charge is 0.380 e. The van der Waals surface area contributed by atoms with Gasteiger partial charge in [-0.25, -0.2) is 13.2 Å². The average Bonchev–Trinajstić information content (AvgIpc) is 2.78. The highest BCUT2D eigenvalue weighted by molar-refractivity contribution is 5.84. The highest BCUT2D eigenvalue weighted by Crippen LogP contribution is 2.18. The van der Waals surface area contributed by atoms with Gasteiger partial charge in [0.2, 0.25) is 0 Å². The molecule has 0 atom stereocenters. The molecule has 0 amide bonds. The summed E-state index contributed by atoms with van der Waals surface area (Å²) in [6.45, 7) is 0.504. The van der Waals surface area contributed by atoms with Gasteiger partial charge in [0.1, 0.15) is 17.5 Å². The molecule has 0 unspecified atom stereocenters. The molecule has 0 aliphatic carbocycles. The van der Waals surface area contributed by atoms with Crippen LogP contribution in [0, 0.1) is 41.1 Å². The molecule has 4 rings (SSSR count). The van der Waals surface area contributed by atoms with Crippen molar-refractivity contribution in [2.45, 2.75) is 6.61 Å². The smallest absolute Gasteiger partial charge is 0.143 e. The van der Waals surface area contributed by atoms with E-state index < -0.39 is 11.6 Å². The maximum atomic E-state index is 14.5. The molecule has 0 N–H and O–H groups in total. The van der Waals surface area contributed by atoms with Crippen LogP contribution in [0.5, 0.6) is 0 Å². The second-order valence-corrected chi connectivity index (χ2v) is 7.15. The lowest BCUT2D eigenvalue weighted by atomic mass is 10.1. The van der Waals surface area contributed by atoms with Crippen molar-refractivity contribution in [1.82, 2.24) is 0 Å². The first-order valence-corrected chi connectivity index (χ1v) is 9.82. The van der Waals surface area contributed by atoms with Crippen LogP contribution < -0.4 is 0 Å². The van der Waals surface area contributed by atoms with Crippen molar-refractivity contribution in [1.29, 1.82) is 0 Å². The molecule has 0 spiro atoms. The van der Waals surface area contributed by atoms with Gasteiger partial charge in [0, 0.05) is 23.8 Å². The third-order valence-electron chi connectivity index (χ3n) is 4.79. The fourth-order valence-corrected chi connectivity index (χ4v) is 3.19. The molecule has 0 radical (unpaired) electrons. The minimum Gasteiger partial charge on any atom is -0.380 e. The van der Waals surface area contributed by atoms with Gasteiger partial charge in [0.25, 0.3) is 0 Å². The zero-order chi connectivity index (χ0) is 22.5. The Bertz CT molecular complexity index is 1390. The van der Waals surface area contributed by atoms with Crippen molar-refractivity contribution in [3.63, 3.8) is 0 Å². The lowest BCUT2D eigenvalue weighted by Crippen LogP contribution is -1.92. The molecule has 156 valence electrons. The van der Waals surface area contributed by atoms with Crippen LogP contribution in [0.4, 0.5) is 13.2 Å². The quantitative estimate of drug-likeness (QED) is 0.347. The lowest BCUT2D eigenvalue weighted by molar-refractivity contribution is 0.185. The van der Waals surface area contributed by atoms with E-state index >= 15 is 0 Å². The van der Waals surface area contributed by atoms with E-state index in [1.807, 2.05) is 24.3 Å². The van der Waals surface area contributed by atoms with Gasteiger partial charge in [0.05, 0.1) is 12.2 Å². The third-order valence-corrected chi connectivity index (χ3v) is 4.79. The molecule has 0 saturated carbocycles. The molecule has 0 aliphatic heterocycles. The lowest BCUT2D eigenvalue weighted by Gasteiger charge is -2.00. The average molecular weight is 426 g/mol. The SMILES string of the molecule is COCc1ccc(C#Cc2cc(F)c(C#Cc3ccc4cc(F)ccc4c3)c(F)c2)cc1. The molecule has 4 aromatic carbocycles. The Hall–Kier alpha value is -3.99. The first-order chi connectivity index (χ1) is 15.5. The van der Waals surface area contributed by atoms with E-state index in [4.69, 9.17) is 4.74 Å². The van der Waals surface area contributed by atoms with Crippen LogP contribution in [-0.2, 0) is 11.3 Å². The minimum atomic E-state index is -0.778. The molecule has 0 aliphatic rings. The van der Waals surface area contributed by atoms with E-state index in [2.05, 4.69) is 23.7 Å². The minimum absolute atomic E-state index is 0.222. The number of halogens is 3. The second kappa shape index (κ2) is 9.43. The summed E-state index contributed by atoms with van der Waals surface area (Å²) in [5.41, 5.74) is 2.21. The summed E-state index contributed by atoms with van der Waals surface area (Å²) in [6.07, 6.45) is 0. The van der Waals surface area contributed by atoms with Crippen molar-refractivity contribution >= 4 is 10.8 Å². The Balaban J connectivity index is 1.57. The molecule has 0 aromatic heterocycles. The number of hydrogen-bond acceptors (Lipinski definition) is 1. The number of hydrogen-bond donors (Lipinski definition) is 0. The molecular weight excluding hydrogens is 409 g/mol. The van der Waals surface area contributed by atoms with Gasteiger partial charge in [-0.2, -0.15) is 0 Å². The molecule has 0 fully saturated rings. The highest BCUT2D eigenvalue weighted by atomic mass is 19.1. The summed E-state index contributed by atoms with van der Waals surface area (Å²) in [7, 11) is 1.62. The van der Waals surface area contributed by atoms with E-state index in [1.165, 1.54) is 24.3 Å². The van der Waals surface area contributed by atoms with E-state index in [9.17, 15) is 13.2 Å². The molecule has 0 saturated heterocycles. The zero-order valence-corrected chi connectivity index (χ0v) is 17.2. The van der Waals surface area contributed by atoms with E-state index in [1.54, 1.807) is 31.4 Å². The standard InChI is InChI=1S/C28H17F3O/c1-32-18-21-5-2-19(3-6-21)4-7-22-15-27(30)26(28(31)16-22)13-9-20-8-10-24-17-25(29)12-11-23(24)14-20/h2-3,5-6,8,10-12,14-17H,18H2,1H3. The first-order valence-electron chi connectivity index (χ1n) is 9.82. The predicted molar refractivity (Wildman–Crippen MR) is 119 cm³/mol. The number of ether oxygens (including phenoxy) is 1. The van der Waals surface area contributed by atoms with Gasteiger partial charge in [0.15, 0.2) is 0 Å². The monoisotopic (exact) mass is 426 g/mol. The third kappa shape index (κ3) is 5.01. The maximum Gasteiger partial charge on any atom is 0.143 e. The van der Waals surface area contributed by atoms with Crippen LogP contribution in [0.2, 0.25) is 0 Å². The number of benzene rings is 4. The van der Waals surface area contributed by atoms with Crippen LogP contribution in [-0.4, -0.2) is 7.11 Å². The summed E-state index contributed by atoms with van der Waals surface area (Å²) in [5, 5.41) is 1.52. The van der Waals surface area contributed by atoms with Gasteiger partial charge in [-0.15, -0.1) is 0 Å². The molecule has 4 aromatic rings. The van der Waals surface area contributed by atoms with Gasteiger partial charge in [-0.1, -0.05) is 47.9 Å². The zero-order valence-electron chi connectivity index (χ0n) is 17.2. The summed E-state index contributed by atoms with van der Waals surface area (Å²) in [4.78, 5) is 0. The van der Waals surface area contributed by atoms with E-state index in [0.717, 1.165) is 21.9 Å². The Morgan fingerprint density at radius 2 is 1.22 bits per heavy atom. The summed E-state index contributed by atoms with van der Waals surface area (Å²) in [5.74, 6) is 9.12. The Labute approximate surface area is 184 Å². The number of methoxy groups -OCH3 is 1.